The number of benzene rings is 1. The first kappa shape index (κ1) is 14.6. The summed E-state index contributed by atoms with van der Waals surface area (Å²) in [6, 6.07) is 0.106. The standard InChI is InChI=1S/C20H23F2N3O3/c1-20(2,3)24-7-11(8-24)12-6-10-9-25(13-4-5-14(26)23-18(13)27)19(28)15(10)17(22)16(12)21/h6,11,13H,4-5,7-9H2,1-3H3,(H,23,26,27)/i7D2,8D2. The monoisotopic (exact) mass is 395 g/mol. The molecule has 4 rings (SSSR count). The van der Waals surface area contributed by atoms with Crippen LogP contribution in [0.3, 0.4) is 0 Å². The lowest BCUT2D eigenvalue weighted by atomic mass is 9.85. The number of piperidine rings is 1. The van der Waals surface area contributed by atoms with Crippen molar-refractivity contribution >= 4 is 17.7 Å². The van der Waals surface area contributed by atoms with Crippen LogP contribution in [0.25, 0.3) is 0 Å². The van der Waals surface area contributed by atoms with Crippen molar-refractivity contribution in [3.8, 4) is 0 Å². The van der Waals surface area contributed by atoms with Crippen LogP contribution in [-0.2, 0) is 16.1 Å². The van der Waals surface area contributed by atoms with Crippen LogP contribution >= 0.6 is 0 Å². The Morgan fingerprint density at radius 2 is 1.86 bits per heavy atom. The molecule has 6 nitrogen and oxygen atoms in total. The zero-order valence-electron chi connectivity index (χ0n) is 19.7. The minimum atomic E-state index is -2.31. The highest BCUT2D eigenvalue weighted by molar-refractivity contribution is 6.05. The molecule has 0 aliphatic carbocycles. The molecule has 150 valence electrons. The molecule has 1 aromatic carbocycles. The van der Waals surface area contributed by atoms with Gasteiger partial charge in [0, 0.05) is 42.9 Å². The summed E-state index contributed by atoms with van der Waals surface area (Å²) in [5, 5.41) is 2.12. The van der Waals surface area contributed by atoms with E-state index in [1.807, 2.05) is 0 Å². The van der Waals surface area contributed by atoms with Gasteiger partial charge in [-0.3, -0.25) is 24.6 Å². The second-order valence-electron chi connectivity index (χ2n) is 8.23. The molecule has 1 atom stereocenters. The number of hydrogen-bond donors (Lipinski definition) is 1. The lowest BCUT2D eigenvalue weighted by Gasteiger charge is -2.48. The van der Waals surface area contributed by atoms with E-state index in [0.717, 1.165) is 15.9 Å². The lowest BCUT2D eigenvalue weighted by molar-refractivity contribution is -0.136. The largest absolute Gasteiger partial charge is 0.322 e. The third kappa shape index (κ3) is 2.90. The van der Waals surface area contributed by atoms with Gasteiger partial charge in [-0.15, -0.1) is 0 Å². The van der Waals surface area contributed by atoms with Crippen molar-refractivity contribution in [2.75, 3.05) is 13.0 Å². The van der Waals surface area contributed by atoms with Crippen LogP contribution in [0, 0.1) is 11.6 Å². The summed E-state index contributed by atoms with van der Waals surface area (Å²) >= 11 is 0. The first-order valence-corrected chi connectivity index (χ1v) is 9.06. The average Bonchev–Trinajstić information content (AvgIpc) is 2.93. The Kier molecular flexibility index (Phi) is 3.31. The number of halogens is 2. The molecular weight excluding hydrogens is 368 g/mol. The molecule has 28 heavy (non-hydrogen) atoms. The lowest BCUT2D eigenvalue weighted by Crippen LogP contribution is -2.54. The molecule has 1 N–H and O–H groups in total. The van der Waals surface area contributed by atoms with Crippen LogP contribution < -0.4 is 5.32 Å². The van der Waals surface area contributed by atoms with Gasteiger partial charge in [0.25, 0.3) is 5.91 Å². The maximum Gasteiger partial charge on any atom is 0.258 e. The predicted octanol–water partition coefficient (Wildman–Crippen LogP) is 1.92. The van der Waals surface area contributed by atoms with Gasteiger partial charge in [0.15, 0.2) is 11.6 Å². The molecule has 3 aliphatic rings. The Hall–Kier alpha value is -2.35. The van der Waals surface area contributed by atoms with E-state index in [2.05, 4.69) is 5.32 Å². The molecule has 2 fully saturated rings. The number of carbonyl (C=O) groups is 3. The number of likely N-dealkylation sites (tertiary alicyclic amines) is 1. The highest BCUT2D eigenvalue weighted by Crippen LogP contribution is 2.38. The van der Waals surface area contributed by atoms with Crippen molar-refractivity contribution < 1.29 is 28.6 Å². The summed E-state index contributed by atoms with van der Waals surface area (Å²) in [5.41, 5.74) is -1.92. The van der Waals surface area contributed by atoms with Gasteiger partial charge in [0.2, 0.25) is 11.8 Å². The summed E-state index contributed by atoms with van der Waals surface area (Å²) in [6.45, 7) is 0.00970. The van der Waals surface area contributed by atoms with Crippen molar-refractivity contribution in [2.24, 2.45) is 0 Å². The fraction of sp³-hybridized carbons (Fsp3) is 0.550. The van der Waals surface area contributed by atoms with E-state index < -0.39 is 71.0 Å². The van der Waals surface area contributed by atoms with Crippen molar-refractivity contribution in [1.82, 2.24) is 15.1 Å². The fourth-order valence-corrected chi connectivity index (χ4v) is 3.68. The van der Waals surface area contributed by atoms with Gasteiger partial charge in [0.05, 0.1) is 5.56 Å². The Morgan fingerprint density at radius 1 is 1.18 bits per heavy atom. The predicted molar refractivity (Wildman–Crippen MR) is 96.5 cm³/mol. The highest BCUT2D eigenvalue weighted by Gasteiger charge is 2.43. The molecule has 3 amide bonds. The van der Waals surface area contributed by atoms with Crippen molar-refractivity contribution in [1.29, 1.82) is 0 Å². The number of imide groups is 1. The smallest absolute Gasteiger partial charge is 0.258 e. The topological polar surface area (TPSA) is 69.7 Å². The summed E-state index contributed by atoms with van der Waals surface area (Å²) in [6.07, 6.45) is 0.0549. The average molecular weight is 395 g/mol. The maximum atomic E-state index is 15.1. The van der Waals surface area contributed by atoms with E-state index in [4.69, 9.17) is 5.48 Å². The molecule has 3 heterocycles. The van der Waals surface area contributed by atoms with Crippen molar-refractivity contribution in [3.05, 3.63) is 34.4 Å². The van der Waals surface area contributed by atoms with Crippen molar-refractivity contribution in [3.63, 3.8) is 0 Å². The molecule has 0 aromatic heterocycles. The molecule has 1 unspecified atom stereocenters. The third-order valence-electron chi connectivity index (χ3n) is 5.22. The fourth-order valence-electron chi connectivity index (χ4n) is 3.68. The molecule has 0 saturated carbocycles. The summed E-state index contributed by atoms with van der Waals surface area (Å²) in [5.74, 6) is -6.67. The number of amides is 3. The number of fused-ring (bicyclic) bond motifs is 1. The highest BCUT2D eigenvalue weighted by atomic mass is 19.2. The molecule has 0 spiro atoms. The summed E-state index contributed by atoms with van der Waals surface area (Å²) < 4.78 is 63.6. The Balaban J connectivity index is 1.74. The van der Waals surface area contributed by atoms with Crippen LogP contribution in [-0.4, -0.2) is 52.1 Å². The van der Waals surface area contributed by atoms with Gasteiger partial charge in [-0.1, -0.05) is 0 Å². The van der Waals surface area contributed by atoms with Gasteiger partial charge in [0.1, 0.15) is 6.04 Å². The van der Waals surface area contributed by atoms with Gasteiger partial charge in [-0.25, -0.2) is 8.78 Å². The summed E-state index contributed by atoms with van der Waals surface area (Å²) in [7, 11) is 0. The number of nitrogens with one attached hydrogen (secondary N) is 1. The van der Waals surface area contributed by atoms with E-state index >= 15 is 8.78 Å². The Morgan fingerprint density at radius 3 is 2.46 bits per heavy atom. The minimum absolute atomic E-state index is 0.00372. The van der Waals surface area contributed by atoms with E-state index in [0.29, 0.717) is 0 Å². The van der Waals surface area contributed by atoms with Crippen LogP contribution in [0.15, 0.2) is 6.07 Å². The number of hydrogen-bond acceptors (Lipinski definition) is 4. The van der Waals surface area contributed by atoms with Crippen LogP contribution in [0.2, 0.25) is 0 Å². The van der Waals surface area contributed by atoms with Crippen molar-refractivity contribution in [2.45, 2.75) is 57.7 Å². The molecular formula is C20H23F2N3O3. The Labute approximate surface area is 167 Å². The quantitative estimate of drug-likeness (QED) is 0.777. The molecule has 0 bridgehead atoms. The maximum absolute atomic E-state index is 15.1. The second kappa shape index (κ2) is 6.34. The zero-order valence-corrected chi connectivity index (χ0v) is 15.7. The van der Waals surface area contributed by atoms with E-state index in [1.165, 1.54) is 0 Å². The van der Waals surface area contributed by atoms with Crippen LogP contribution in [0.4, 0.5) is 8.78 Å². The summed E-state index contributed by atoms with van der Waals surface area (Å²) in [4.78, 5) is 38.4. The SMILES string of the molecule is [2H]C1([2H])C(c2cc3c(c(F)c2F)C(=O)N(C2CCC(=O)NC2=O)C3)C([2H])([2H])N1C(C)(C)C. The van der Waals surface area contributed by atoms with E-state index in [-0.39, 0.29) is 24.9 Å². The zero-order chi connectivity index (χ0) is 24.0. The third-order valence-corrected chi connectivity index (χ3v) is 5.22. The number of carbonyl (C=O) groups excluding carboxylic acids is 3. The number of nitrogens with zero attached hydrogens (tertiary/aromatic N) is 2. The van der Waals surface area contributed by atoms with Crippen LogP contribution in [0.5, 0.6) is 0 Å². The van der Waals surface area contributed by atoms with Crippen LogP contribution in [0.1, 0.15) is 66.5 Å². The first-order valence-electron chi connectivity index (χ1n) is 11.1. The molecule has 2 saturated heterocycles. The number of rotatable bonds is 2. The van der Waals surface area contributed by atoms with E-state index in [1.54, 1.807) is 20.8 Å². The second-order valence-corrected chi connectivity index (χ2v) is 8.23. The van der Waals surface area contributed by atoms with Gasteiger partial charge in [-0.2, -0.15) is 0 Å². The normalized spacial score (nSPS) is 29.4. The van der Waals surface area contributed by atoms with Gasteiger partial charge in [-0.05, 0) is 44.4 Å². The molecule has 1 aromatic rings. The van der Waals surface area contributed by atoms with E-state index in [9.17, 15) is 14.4 Å². The molecule has 3 aliphatic heterocycles. The first-order chi connectivity index (χ1) is 14.6. The minimum Gasteiger partial charge on any atom is -0.322 e. The Bertz CT molecular complexity index is 1040. The molecule has 8 heteroatoms. The molecule has 0 radical (unpaired) electrons. The van der Waals surface area contributed by atoms with Gasteiger partial charge < -0.3 is 4.90 Å². The van der Waals surface area contributed by atoms with Gasteiger partial charge >= 0.3 is 0 Å².